The zero-order valence-corrected chi connectivity index (χ0v) is 14.0. The molecule has 0 saturated carbocycles. The summed E-state index contributed by atoms with van der Waals surface area (Å²) in [5.74, 6) is 2.28. The lowest BCUT2D eigenvalue weighted by Gasteiger charge is -2.11. The molecule has 1 aromatic carbocycles. The smallest absolute Gasteiger partial charge is 0.155 e. The van der Waals surface area contributed by atoms with Gasteiger partial charge in [-0.2, -0.15) is 5.10 Å². The average molecular weight is 335 g/mol. The molecule has 0 unspecified atom stereocenters. The number of pyridine rings is 1. The first kappa shape index (κ1) is 15.2. The molecule has 3 heterocycles. The van der Waals surface area contributed by atoms with Gasteiger partial charge in [0.1, 0.15) is 23.7 Å². The Morgan fingerprint density at radius 1 is 1.00 bits per heavy atom. The average Bonchev–Trinajstić information content (AvgIpc) is 3.31. The normalized spacial score (nSPS) is 11.0. The molecule has 4 rings (SSSR count). The quantitative estimate of drug-likeness (QED) is 0.561. The number of imidazole rings is 1. The van der Waals surface area contributed by atoms with Gasteiger partial charge in [-0.15, -0.1) is 0 Å². The Morgan fingerprint density at radius 2 is 1.80 bits per heavy atom. The molecule has 0 saturated heterocycles. The SMILES string of the molecule is COc1cc(OC)cc(-c2nccn2Cc2cccc3ncnn23)c1. The number of hydrogen-bond donors (Lipinski definition) is 0. The second-order valence-electron chi connectivity index (χ2n) is 5.53. The maximum atomic E-state index is 5.36. The van der Waals surface area contributed by atoms with Crippen LogP contribution >= 0.6 is 0 Å². The molecule has 0 aliphatic heterocycles. The molecule has 0 spiro atoms. The van der Waals surface area contributed by atoms with Gasteiger partial charge >= 0.3 is 0 Å². The van der Waals surface area contributed by atoms with Gasteiger partial charge in [0.2, 0.25) is 0 Å². The lowest BCUT2D eigenvalue weighted by atomic mass is 10.2. The lowest BCUT2D eigenvalue weighted by molar-refractivity contribution is 0.394. The molecule has 0 radical (unpaired) electrons. The standard InChI is InChI=1S/C18H17N5O2/c1-24-15-8-13(9-16(10-15)25-2)18-19-6-7-22(18)11-14-4-3-5-17-20-12-21-23(14)17/h3-10,12H,11H2,1-2H3. The third kappa shape index (κ3) is 2.80. The van der Waals surface area contributed by atoms with Crippen LogP contribution in [0.5, 0.6) is 11.5 Å². The topological polar surface area (TPSA) is 66.5 Å². The minimum atomic E-state index is 0.621. The van der Waals surface area contributed by atoms with Gasteiger partial charge in [-0.3, -0.25) is 0 Å². The number of fused-ring (bicyclic) bond motifs is 1. The summed E-state index contributed by atoms with van der Waals surface area (Å²) in [5, 5.41) is 4.29. The maximum absolute atomic E-state index is 5.36. The van der Waals surface area contributed by atoms with Crippen molar-refractivity contribution in [2.75, 3.05) is 14.2 Å². The predicted molar refractivity (Wildman–Crippen MR) is 92.9 cm³/mol. The summed E-state index contributed by atoms with van der Waals surface area (Å²) >= 11 is 0. The van der Waals surface area contributed by atoms with E-state index in [2.05, 4.69) is 19.6 Å². The van der Waals surface area contributed by atoms with E-state index in [0.717, 1.165) is 34.2 Å². The zero-order chi connectivity index (χ0) is 17.2. The van der Waals surface area contributed by atoms with Crippen LogP contribution in [-0.2, 0) is 6.54 Å². The van der Waals surface area contributed by atoms with Crippen LogP contribution in [0.4, 0.5) is 0 Å². The monoisotopic (exact) mass is 335 g/mol. The number of nitrogens with zero attached hydrogens (tertiary/aromatic N) is 5. The van der Waals surface area contributed by atoms with Crippen molar-refractivity contribution in [3.05, 3.63) is 60.8 Å². The van der Waals surface area contributed by atoms with Crippen molar-refractivity contribution < 1.29 is 9.47 Å². The molecule has 0 amide bonds. The van der Waals surface area contributed by atoms with Gasteiger partial charge in [-0.05, 0) is 24.3 Å². The van der Waals surface area contributed by atoms with Crippen molar-refractivity contribution in [1.82, 2.24) is 24.1 Å². The summed E-state index contributed by atoms with van der Waals surface area (Å²) in [6.45, 7) is 0.621. The molecule has 0 fully saturated rings. The largest absolute Gasteiger partial charge is 0.497 e. The third-order valence-corrected chi connectivity index (χ3v) is 4.04. The maximum Gasteiger partial charge on any atom is 0.155 e. The number of hydrogen-bond acceptors (Lipinski definition) is 5. The zero-order valence-electron chi connectivity index (χ0n) is 14.0. The second-order valence-corrected chi connectivity index (χ2v) is 5.53. The highest BCUT2D eigenvalue weighted by Crippen LogP contribution is 2.29. The molecule has 0 atom stereocenters. The van der Waals surface area contributed by atoms with Crippen molar-refractivity contribution in [1.29, 1.82) is 0 Å². The second kappa shape index (κ2) is 6.27. The van der Waals surface area contributed by atoms with E-state index in [-0.39, 0.29) is 0 Å². The molecule has 0 N–H and O–H groups in total. The summed E-state index contributed by atoms with van der Waals surface area (Å²) in [7, 11) is 3.27. The summed E-state index contributed by atoms with van der Waals surface area (Å²) in [4.78, 5) is 8.74. The molecule has 0 aliphatic rings. The Hall–Kier alpha value is -3.35. The Labute approximate surface area is 144 Å². The van der Waals surface area contributed by atoms with Crippen LogP contribution in [0.3, 0.4) is 0 Å². The van der Waals surface area contributed by atoms with Crippen molar-refractivity contribution in [2.24, 2.45) is 0 Å². The van der Waals surface area contributed by atoms with E-state index in [1.807, 2.05) is 47.1 Å². The van der Waals surface area contributed by atoms with E-state index < -0.39 is 0 Å². The molecule has 126 valence electrons. The van der Waals surface area contributed by atoms with E-state index >= 15 is 0 Å². The minimum Gasteiger partial charge on any atom is -0.497 e. The first-order chi connectivity index (χ1) is 12.3. The van der Waals surface area contributed by atoms with E-state index in [9.17, 15) is 0 Å². The molecule has 3 aromatic heterocycles. The summed E-state index contributed by atoms with van der Waals surface area (Å²) in [6.07, 6.45) is 5.28. The van der Waals surface area contributed by atoms with Gasteiger partial charge in [-0.25, -0.2) is 14.5 Å². The van der Waals surface area contributed by atoms with Crippen LogP contribution in [0, 0.1) is 0 Å². The fourth-order valence-corrected chi connectivity index (χ4v) is 2.83. The highest BCUT2D eigenvalue weighted by molar-refractivity contribution is 5.61. The molecule has 0 bridgehead atoms. The highest BCUT2D eigenvalue weighted by Gasteiger charge is 2.11. The van der Waals surface area contributed by atoms with E-state index in [4.69, 9.17) is 9.47 Å². The van der Waals surface area contributed by atoms with Crippen LogP contribution in [0.1, 0.15) is 5.69 Å². The summed E-state index contributed by atoms with van der Waals surface area (Å²) in [6, 6.07) is 11.7. The van der Waals surface area contributed by atoms with Crippen molar-refractivity contribution in [3.63, 3.8) is 0 Å². The summed E-state index contributed by atoms with van der Waals surface area (Å²) < 4.78 is 14.6. The number of benzene rings is 1. The molecule has 7 nitrogen and oxygen atoms in total. The number of ether oxygens (including phenoxy) is 2. The molecular weight excluding hydrogens is 318 g/mol. The van der Waals surface area contributed by atoms with E-state index in [0.29, 0.717) is 6.54 Å². The predicted octanol–water partition coefficient (Wildman–Crippen LogP) is 2.66. The molecular formula is C18H17N5O2. The first-order valence-electron chi connectivity index (χ1n) is 7.80. The van der Waals surface area contributed by atoms with Crippen LogP contribution < -0.4 is 9.47 Å². The van der Waals surface area contributed by atoms with Gasteiger partial charge in [-0.1, -0.05) is 6.07 Å². The third-order valence-electron chi connectivity index (χ3n) is 4.04. The van der Waals surface area contributed by atoms with Crippen LogP contribution in [0.2, 0.25) is 0 Å². The van der Waals surface area contributed by atoms with Crippen molar-refractivity contribution in [2.45, 2.75) is 6.54 Å². The van der Waals surface area contributed by atoms with E-state index in [1.165, 1.54) is 0 Å². The molecule has 7 heteroatoms. The Morgan fingerprint density at radius 3 is 2.56 bits per heavy atom. The number of aromatic nitrogens is 5. The molecule has 25 heavy (non-hydrogen) atoms. The van der Waals surface area contributed by atoms with Gasteiger partial charge in [0, 0.05) is 24.0 Å². The minimum absolute atomic E-state index is 0.621. The van der Waals surface area contributed by atoms with Gasteiger partial charge < -0.3 is 14.0 Å². The Kier molecular flexibility index (Phi) is 3.81. The lowest BCUT2D eigenvalue weighted by Crippen LogP contribution is -2.06. The number of rotatable bonds is 5. The van der Waals surface area contributed by atoms with Gasteiger partial charge in [0.25, 0.3) is 0 Å². The number of methoxy groups -OCH3 is 2. The van der Waals surface area contributed by atoms with Crippen molar-refractivity contribution in [3.8, 4) is 22.9 Å². The molecule has 4 aromatic rings. The van der Waals surface area contributed by atoms with Crippen molar-refractivity contribution >= 4 is 5.65 Å². The fraction of sp³-hybridized carbons (Fsp3) is 0.167. The van der Waals surface area contributed by atoms with E-state index in [1.54, 1.807) is 26.7 Å². The summed E-state index contributed by atoms with van der Waals surface area (Å²) in [5.41, 5.74) is 2.76. The Balaban J connectivity index is 1.75. The van der Waals surface area contributed by atoms with Crippen LogP contribution in [0.25, 0.3) is 17.0 Å². The van der Waals surface area contributed by atoms with Gasteiger partial charge in [0.15, 0.2) is 5.65 Å². The Bertz CT molecular complexity index is 999. The molecule has 0 aliphatic carbocycles. The first-order valence-corrected chi connectivity index (χ1v) is 7.80. The highest BCUT2D eigenvalue weighted by atomic mass is 16.5. The van der Waals surface area contributed by atoms with Crippen LogP contribution in [-0.4, -0.2) is 38.4 Å². The van der Waals surface area contributed by atoms with Gasteiger partial charge in [0.05, 0.1) is 26.5 Å². The fourth-order valence-electron chi connectivity index (χ4n) is 2.83. The van der Waals surface area contributed by atoms with Crippen LogP contribution in [0.15, 0.2) is 55.1 Å².